The number of anilines is 1. The van der Waals surface area contributed by atoms with Gasteiger partial charge in [-0.3, -0.25) is 14.7 Å². The van der Waals surface area contributed by atoms with E-state index in [1.54, 1.807) is 18.2 Å². The van der Waals surface area contributed by atoms with Crippen molar-refractivity contribution < 1.29 is 27.2 Å². The van der Waals surface area contributed by atoms with Gasteiger partial charge in [-0.25, -0.2) is 4.39 Å². The third kappa shape index (κ3) is 3.95. The van der Waals surface area contributed by atoms with Crippen molar-refractivity contribution in [2.45, 2.75) is 32.4 Å². The van der Waals surface area contributed by atoms with Gasteiger partial charge in [-0.1, -0.05) is 6.07 Å². The van der Waals surface area contributed by atoms with E-state index in [0.717, 1.165) is 23.2 Å². The highest BCUT2D eigenvalue weighted by molar-refractivity contribution is 6.07. The van der Waals surface area contributed by atoms with Gasteiger partial charge in [0.05, 0.1) is 11.1 Å². The average Bonchev–Trinajstić information content (AvgIpc) is 3.07. The molecule has 1 atom stereocenters. The number of hydrogen-bond donors (Lipinski definition) is 3. The molecule has 2 aromatic carbocycles. The van der Waals surface area contributed by atoms with Gasteiger partial charge in [-0.2, -0.15) is 18.3 Å². The van der Waals surface area contributed by atoms with Crippen LogP contribution in [0.3, 0.4) is 0 Å². The van der Waals surface area contributed by atoms with E-state index >= 15 is 0 Å². The van der Waals surface area contributed by atoms with Crippen LogP contribution < -0.4 is 10.6 Å². The average molecular weight is 446 g/mol. The van der Waals surface area contributed by atoms with E-state index in [9.17, 15) is 27.2 Å². The summed E-state index contributed by atoms with van der Waals surface area (Å²) < 4.78 is 53.4. The number of halogens is 4. The van der Waals surface area contributed by atoms with Gasteiger partial charge in [0, 0.05) is 40.4 Å². The molecule has 1 unspecified atom stereocenters. The lowest BCUT2D eigenvalue weighted by Gasteiger charge is -2.27. The molecule has 6 nitrogen and oxygen atoms in total. The maximum atomic E-state index is 14.7. The fraction of sp³-hybridized carbons (Fsp3) is 0.227. The number of aromatic amines is 1. The van der Waals surface area contributed by atoms with E-state index in [4.69, 9.17) is 0 Å². The summed E-state index contributed by atoms with van der Waals surface area (Å²) in [6, 6.07) is 7.17. The van der Waals surface area contributed by atoms with Crippen molar-refractivity contribution in [2.75, 3.05) is 5.32 Å². The highest BCUT2D eigenvalue weighted by Gasteiger charge is 2.36. The first-order valence-corrected chi connectivity index (χ1v) is 9.68. The summed E-state index contributed by atoms with van der Waals surface area (Å²) in [5.74, 6) is -3.22. The SMILES string of the molecule is CC1=C(C(=O)Nc2ccc3n[nH]c(C)c3c2)C(c2ccc(C(F)(F)F)cc2F)CC(=O)N1. The molecule has 0 saturated heterocycles. The van der Waals surface area contributed by atoms with Gasteiger partial charge < -0.3 is 10.6 Å². The lowest BCUT2D eigenvalue weighted by atomic mass is 9.83. The Morgan fingerprint density at radius 3 is 2.59 bits per heavy atom. The highest BCUT2D eigenvalue weighted by atomic mass is 19.4. The predicted molar refractivity (Wildman–Crippen MR) is 109 cm³/mol. The number of aryl methyl sites for hydroxylation is 1. The van der Waals surface area contributed by atoms with Gasteiger partial charge in [-0.15, -0.1) is 0 Å². The number of amides is 2. The Labute approximate surface area is 179 Å². The Morgan fingerprint density at radius 1 is 1.16 bits per heavy atom. The number of alkyl halides is 3. The summed E-state index contributed by atoms with van der Waals surface area (Å²) in [6.07, 6.45) is -4.98. The maximum Gasteiger partial charge on any atom is 0.416 e. The molecule has 0 fully saturated rings. The first kappa shape index (κ1) is 21.5. The number of carbonyl (C=O) groups is 2. The van der Waals surface area contributed by atoms with E-state index < -0.39 is 35.3 Å². The second-order valence-corrected chi connectivity index (χ2v) is 7.61. The van der Waals surface area contributed by atoms with E-state index in [-0.39, 0.29) is 23.3 Å². The van der Waals surface area contributed by atoms with Gasteiger partial charge in [0.2, 0.25) is 5.91 Å². The molecule has 1 aliphatic heterocycles. The second-order valence-electron chi connectivity index (χ2n) is 7.61. The molecule has 3 aromatic rings. The normalized spacial score (nSPS) is 16.9. The van der Waals surface area contributed by atoms with E-state index in [2.05, 4.69) is 20.8 Å². The van der Waals surface area contributed by atoms with E-state index in [1.165, 1.54) is 6.92 Å². The van der Waals surface area contributed by atoms with Crippen molar-refractivity contribution in [3.63, 3.8) is 0 Å². The summed E-state index contributed by atoms with van der Waals surface area (Å²) in [5.41, 5.74) is 0.964. The molecule has 0 bridgehead atoms. The van der Waals surface area contributed by atoms with Crippen molar-refractivity contribution in [3.8, 4) is 0 Å². The number of allylic oxidation sites excluding steroid dienone is 1. The van der Waals surface area contributed by atoms with Crippen LogP contribution in [0.4, 0.5) is 23.2 Å². The fourth-order valence-electron chi connectivity index (χ4n) is 3.87. The third-order valence-corrected chi connectivity index (χ3v) is 5.42. The summed E-state index contributed by atoms with van der Waals surface area (Å²) in [6.45, 7) is 3.32. The number of nitrogens with one attached hydrogen (secondary N) is 3. The van der Waals surface area contributed by atoms with Crippen LogP contribution in [-0.2, 0) is 15.8 Å². The molecular weight excluding hydrogens is 428 g/mol. The van der Waals surface area contributed by atoms with Crippen LogP contribution >= 0.6 is 0 Å². The van der Waals surface area contributed by atoms with Gasteiger partial charge in [0.25, 0.3) is 5.91 Å². The van der Waals surface area contributed by atoms with Gasteiger partial charge in [0.15, 0.2) is 0 Å². The van der Waals surface area contributed by atoms with Crippen LogP contribution in [0.25, 0.3) is 10.9 Å². The van der Waals surface area contributed by atoms with Crippen LogP contribution in [0.15, 0.2) is 47.7 Å². The maximum absolute atomic E-state index is 14.7. The zero-order valence-corrected chi connectivity index (χ0v) is 17.0. The number of nitrogens with zero attached hydrogens (tertiary/aromatic N) is 1. The highest BCUT2D eigenvalue weighted by Crippen LogP contribution is 2.37. The smallest absolute Gasteiger partial charge is 0.330 e. The Bertz CT molecular complexity index is 1280. The summed E-state index contributed by atoms with van der Waals surface area (Å²) in [5, 5.41) is 13.0. The van der Waals surface area contributed by atoms with Crippen LogP contribution in [0.2, 0.25) is 0 Å². The topological polar surface area (TPSA) is 86.9 Å². The molecule has 32 heavy (non-hydrogen) atoms. The van der Waals surface area contributed by atoms with Crippen LogP contribution in [0.5, 0.6) is 0 Å². The second kappa shape index (κ2) is 7.77. The number of fused-ring (bicyclic) bond motifs is 1. The Hall–Kier alpha value is -3.69. The molecule has 0 saturated carbocycles. The summed E-state index contributed by atoms with van der Waals surface area (Å²) in [4.78, 5) is 25.2. The third-order valence-electron chi connectivity index (χ3n) is 5.42. The van der Waals surface area contributed by atoms with Gasteiger partial charge in [-0.05, 0) is 49.7 Å². The zero-order valence-electron chi connectivity index (χ0n) is 17.0. The first-order valence-electron chi connectivity index (χ1n) is 9.68. The molecule has 2 amide bonds. The number of rotatable bonds is 3. The quantitative estimate of drug-likeness (QED) is 0.516. The number of H-pyrrole nitrogens is 1. The molecule has 1 aromatic heterocycles. The minimum Gasteiger partial charge on any atom is -0.330 e. The monoisotopic (exact) mass is 446 g/mol. The van der Waals surface area contributed by atoms with Crippen molar-refractivity contribution in [1.82, 2.24) is 15.5 Å². The van der Waals surface area contributed by atoms with Gasteiger partial charge >= 0.3 is 6.18 Å². The van der Waals surface area contributed by atoms with E-state index in [0.29, 0.717) is 17.3 Å². The molecule has 1 aliphatic rings. The summed E-state index contributed by atoms with van der Waals surface area (Å²) >= 11 is 0. The molecule has 2 heterocycles. The number of aromatic nitrogens is 2. The Morgan fingerprint density at radius 2 is 1.91 bits per heavy atom. The predicted octanol–water partition coefficient (Wildman–Crippen LogP) is 4.55. The molecule has 3 N–H and O–H groups in total. The number of hydrogen-bond acceptors (Lipinski definition) is 3. The lowest BCUT2D eigenvalue weighted by molar-refractivity contribution is -0.137. The van der Waals surface area contributed by atoms with Crippen LogP contribution in [0, 0.1) is 12.7 Å². The molecule has 166 valence electrons. The number of benzene rings is 2. The molecule has 0 radical (unpaired) electrons. The summed E-state index contributed by atoms with van der Waals surface area (Å²) in [7, 11) is 0. The molecule has 0 aliphatic carbocycles. The fourth-order valence-corrected chi connectivity index (χ4v) is 3.87. The van der Waals surface area contributed by atoms with Crippen molar-refractivity contribution in [2.24, 2.45) is 0 Å². The lowest BCUT2D eigenvalue weighted by Crippen LogP contribution is -2.35. The number of carbonyl (C=O) groups excluding carboxylic acids is 2. The van der Waals surface area contributed by atoms with Crippen molar-refractivity contribution in [1.29, 1.82) is 0 Å². The molecule has 0 spiro atoms. The Kier molecular flexibility index (Phi) is 5.23. The standard InChI is InChI=1S/C22H18F4N4O2/c1-10-15-8-13(4-6-18(15)30-29-10)28-21(32)20-11(2)27-19(31)9-16(20)14-5-3-12(7-17(14)23)22(24,25)26/h3-8,16H,9H2,1-2H3,(H,27,31)(H,28,32)(H,29,30). The van der Waals surface area contributed by atoms with E-state index in [1.807, 2.05) is 6.92 Å². The zero-order chi connectivity index (χ0) is 23.2. The largest absolute Gasteiger partial charge is 0.416 e. The molecular formula is C22H18F4N4O2. The molecule has 4 rings (SSSR count). The van der Waals surface area contributed by atoms with Crippen LogP contribution in [0.1, 0.15) is 36.1 Å². The minimum atomic E-state index is -4.71. The van der Waals surface area contributed by atoms with Gasteiger partial charge in [0.1, 0.15) is 5.82 Å². The first-order chi connectivity index (χ1) is 15.0. The molecule has 10 heteroatoms. The van der Waals surface area contributed by atoms with Crippen molar-refractivity contribution >= 4 is 28.4 Å². The van der Waals surface area contributed by atoms with Crippen LogP contribution in [-0.4, -0.2) is 22.0 Å². The minimum absolute atomic E-state index is 0.0762. The Balaban J connectivity index is 1.69. The van der Waals surface area contributed by atoms with Crippen molar-refractivity contribution in [3.05, 3.63) is 70.3 Å².